The highest BCUT2D eigenvalue weighted by Crippen LogP contribution is 2.55. The van der Waals surface area contributed by atoms with Crippen LogP contribution >= 0.6 is 11.6 Å². The summed E-state index contributed by atoms with van der Waals surface area (Å²) in [5.74, 6) is 0.673. The van der Waals surface area contributed by atoms with Gasteiger partial charge in [-0.05, 0) is 74.5 Å². The van der Waals surface area contributed by atoms with E-state index in [1.807, 2.05) is 0 Å². The van der Waals surface area contributed by atoms with Crippen molar-refractivity contribution in [3.63, 3.8) is 0 Å². The summed E-state index contributed by atoms with van der Waals surface area (Å²) < 4.78 is 18.1. The molecule has 4 bridgehead atoms. The minimum absolute atomic E-state index is 0.0218. The predicted octanol–water partition coefficient (Wildman–Crippen LogP) is 3.72. The molecule has 0 aliphatic heterocycles. The SMILES string of the molecule is O=C(COC(=O)c1ccc(F)cc1Cl)NC12CC3CC(CC(C3)C1)C2. The maximum Gasteiger partial charge on any atom is 0.340 e. The first-order chi connectivity index (χ1) is 11.9. The van der Waals surface area contributed by atoms with Gasteiger partial charge in [0, 0.05) is 5.54 Å². The molecular weight excluding hydrogens is 345 g/mol. The normalized spacial score (nSPS) is 32.5. The Morgan fingerprint density at radius 3 is 2.32 bits per heavy atom. The van der Waals surface area contributed by atoms with Gasteiger partial charge < -0.3 is 10.1 Å². The smallest absolute Gasteiger partial charge is 0.340 e. The van der Waals surface area contributed by atoms with Crippen LogP contribution in [0.5, 0.6) is 0 Å². The lowest BCUT2D eigenvalue weighted by Crippen LogP contribution is -2.60. The molecule has 6 heteroatoms. The second-order valence-corrected chi connectivity index (χ2v) is 8.35. The molecule has 1 N–H and O–H groups in total. The van der Waals surface area contributed by atoms with Gasteiger partial charge in [0.05, 0.1) is 10.6 Å². The van der Waals surface area contributed by atoms with Crippen molar-refractivity contribution in [2.45, 2.75) is 44.1 Å². The monoisotopic (exact) mass is 365 g/mol. The van der Waals surface area contributed by atoms with Crippen LogP contribution in [0.4, 0.5) is 4.39 Å². The molecule has 5 rings (SSSR count). The van der Waals surface area contributed by atoms with Gasteiger partial charge in [-0.25, -0.2) is 9.18 Å². The molecular formula is C19H21ClFNO3. The van der Waals surface area contributed by atoms with Crippen molar-refractivity contribution in [1.82, 2.24) is 5.32 Å². The molecule has 1 aromatic carbocycles. The van der Waals surface area contributed by atoms with Crippen LogP contribution in [0.15, 0.2) is 18.2 Å². The Morgan fingerprint density at radius 1 is 1.16 bits per heavy atom. The van der Waals surface area contributed by atoms with Crippen molar-refractivity contribution in [2.24, 2.45) is 17.8 Å². The first kappa shape index (κ1) is 16.8. The minimum Gasteiger partial charge on any atom is -0.452 e. The van der Waals surface area contributed by atoms with Crippen LogP contribution in [0.25, 0.3) is 0 Å². The Balaban J connectivity index is 1.34. The molecule has 134 valence electrons. The fourth-order valence-corrected chi connectivity index (χ4v) is 5.70. The third kappa shape index (κ3) is 3.39. The van der Waals surface area contributed by atoms with E-state index in [0.717, 1.165) is 49.1 Å². The van der Waals surface area contributed by atoms with E-state index in [0.29, 0.717) is 0 Å². The lowest BCUT2D eigenvalue weighted by atomic mass is 9.53. The highest BCUT2D eigenvalue weighted by molar-refractivity contribution is 6.33. The molecule has 0 heterocycles. The van der Waals surface area contributed by atoms with Crippen LogP contribution in [0.3, 0.4) is 0 Å². The summed E-state index contributed by atoms with van der Waals surface area (Å²) in [5, 5.41) is 3.12. The highest BCUT2D eigenvalue weighted by Gasteiger charge is 2.51. The zero-order chi connectivity index (χ0) is 17.6. The van der Waals surface area contributed by atoms with Gasteiger partial charge in [0.2, 0.25) is 0 Å². The standard InChI is InChI=1S/C19H21ClFNO3/c20-16-6-14(21)1-2-15(16)18(24)25-10-17(23)22-19-7-11-3-12(8-19)5-13(4-11)9-19/h1-2,6,11-13H,3-5,7-10H2,(H,22,23). The Bertz CT molecular complexity index is 685. The summed E-state index contributed by atoms with van der Waals surface area (Å²) in [5.41, 5.74) is -0.0446. The van der Waals surface area contributed by atoms with Gasteiger partial charge in [-0.2, -0.15) is 0 Å². The van der Waals surface area contributed by atoms with Gasteiger partial charge in [-0.3, -0.25) is 4.79 Å². The summed E-state index contributed by atoms with van der Waals surface area (Å²) in [6, 6.07) is 3.45. The van der Waals surface area contributed by atoms with Gasteiger partial charge in [-0.1, -0.05) is 11.6 Å². The molecule has 0 radical (unpaired) electrons. The second kappa shape index (κ2) is 6.27. The third-order valence-electron chi connectivity index (χ3n) is 5.93. The van der Waals surface area contributed by atoms with Crippen LogP contribution in [0.2, 0.25) is 5.02 Å². The molecule has 0 aromatic heterocycles. The number of carbonyl (C=O) groups is 2. The van der Waals surface area contributed by atoms with E-state index in [4.69, 9.17) is 16.3 Å². The lowest BCUT2D eigenvalue weighted by molar-refractivity contribution is -0.130. The number of hydrogen-bond acceptors (Lipinski definition) is 3. The Hall–Kier alpha value is -1.62. The average Bonchev–Trinajstić information content (AvgIpc) is 2.50. The molecule has 0 saturated heterocycles. The topological polar surface area (TPSA) is 55.4 Å². The molecule has 4 aliphatic carbocycles. The number of rotatable bonds is 4. The molecule has 0 atom stereocenters. The first-order valence-electron chi connectivity index (χ1n) is 8.86. The molecule has 4 nitrogen and oxygen atoms in total. The summed E-state index contributed by atoms with van der Waals surface area (Å²) >= 11 is 5.84. The van der Waals surface area contributed by atoms with Crippen LogP contribution in [-0.2, 0) is 9.53 Å². The fraction of sp³-hybridized carbons (Fsp3) is 0.579. The van der Waals surface area contributed by atoms with E-state index in [1.54, 1.807) is 0 Å². The molecule has 4 saturated carbocycles. The van der Waals surface area contributed by atoms with Crippen LogP contribution in [-0.4, -0.2) is 24.0 Å². The molecule has 25 heavy (non-hydrogen) atoms. The molecule has 4 fully saturated rings. The van der Waals surface area contributed by atoms with Crippen LogP contribution in [0, 0.1) is 23.6 Å². The van der Waals surface area contributed by atoms with E-state index in [2.05, 4.69) is 5.32 Å². The minimum atomic E-state index is -0.717. The fourth-order valence-electron chi connectivity index (χ4n) is 5.46. The number of carbonyl (C=O) groups excluding carboxylic acids is 2. The van der Waals surface area contributed by atoms with Crippen molar-refractivity contribution in [3.05, 3.63) is 34.6 Å². The predicted molar refractivity (Wildman–Crippen MR) is 90.7 cm³/mol. The van der Waals surface area contributed by atoms with Gasteiger partial charge in [0.1, 0.15) is 5.82 Å². The largest absolute Gasteiger partial charge is 0.452 e. The van der Waals surface area contributed by atoms with E-state index < -0.39 is 11.8 Å². The summed E-state index contributed by atoms with van der Waals surface area (Å²) in [4.78, 5) is 24.4. The van der Waals surface area contributed by atoms with Crippen molar-refractivity contribution >= 4 is 23.5 Å². The number of esters is 1. The van der Waals surface area contributed by atoms with Crippen LogP contribution in [0.1, 0.15) is 48.9 Å². The Morgan fingerprint density at radius 2 is 1.76 bits per heavy atom. The zero-order valence-corrected chi connectivity index (χ0v) is 14.7. The number of ether oxygens (including phenoxy) is 1. The van der Waals surface area contributed by atoms with E-state index in [9.17, 15) is 14.0 Å². The van der Waals surface area contributed by atoms with Crippen molar-refractivity contribution in [2.75, 3.05) is 6.61 Å². The maximum absolute atomic E-state index is 13.0. The van der Waals surface area contributed by atoms with E-state index in [-0.39, 0.29) is 28.6 Å². The van der Waals surface area contributed by atoms with E-state index >= 15 is 0 Å². The Labute approximate surface area is 151 Å². The first-order valence-corrected chi connectivity index (χ1v) is 9.23. The summed E-state index contributed by atoms with van der Waals surface area (Å²) in [7, 11) is 0. The highest BCUT2D eigenvalue weighted by atomic mass is 35.5. The van der Waals surface area contributed by atoms with Crippen molar-refractivity contribution in [3.8, 4) is 0 Å². The van der Waals surface area contributed by atoms with Gasteiger partial charge in [0.25, 0.3) is 5.91 Å². The van der Waals surface area contributed by atoms with Gasteiger partial charge in [0.15, 0.2) is 6.61 Å². The number of hydrogen-bond donors (Lipinski definition) is 1. The molecule has 1 aromatic rings. The van der Waals surface area contributed by atoms with Gasteiger partial charge >= 0.3 is 5.97 Å². The third-order valence-corrected chi connectivity index (χ3v) is 6.24. The molecule has 4 aliphatic rings. The average molecular weight is 366 g/mol. The van der Waals surface area contributed by atoms with Crippen molar-refractivity contribution < 1.29 is 18.7 Å². The van der Waals surface area contributed by atoms with E-state index in [1.165, 1.54) is 25.3 Å². The maximum atomic E-state index is 13.0. The number of benzene rings is 1. The molecule has 1 amide bonds. The molecule has 0 spiro atoms. The van der Waals surface area contributed by atoms with Gasteiger partial charge in [-0.15, -0.1) is 0 Å². The van der Waals surface area contributed by atoms with Crippen molar-refractivity contribution in [1.29, 1.82) is 0 Å². The number of amides is 1. The quantitative estimate of drug-likeness (QED) is 0.827. The lowest BCUT2D eigenvalue weighted by Gasteiger charge is -2.56. The van der Waals surface area contributed by atoms with Crippen LogP contribution < -0.4 is 5.32 Å². The Kier molecular flexibility index (Phi) is 4.22. The number of nitrogens with one attached hydrogen (secondary N) is 1. The number of halogens is 2. The zero-order valence-electron chi connectivity index (χ0n) is 13.9. The molecule has 0 unspecified atom stereocenters. The summed E-state index contributed by atoms with van der Waals surface area (Å²) in [6.45, 7) is -0.339. The second-order valence-electron chi connectivity index (χ2n) is 7.95. The summed E-state index contributed by atoms with van der Waals surface area (Å²) in [6.07, 6.45) is 7.03.